The molecular formula is C15H17ClFN3O3S. The summed E-state index contributed by atoms with van der Waals surface area (Å²) in [4.78, 5) is 10.0. The fourth-order valence-electron chi connectivity index (χ4n) is 2.71. The van der Waals surface area contributed by atoms with E-state index in [-0.39, 0.29) is 22.1 Å². The van der Waals surface area contributed by atoms with Gasteiger partial charge in [0.05, 0.1) is 17.0 Å². The zero-order valence-electron chi connectivity index (χ0n) is 13.7. The maximum absolute atomic E-state index is 14.8. The number of benzene rings is 1. The van der Waals surface area contributed by atoms with Crippen LogP contribution in [0.3, 0.4) is 0 Å². The molecule has 0 spiro atoms. The number of nitrogens with zero attached hydrogens (tertiary/aromatic N) is 3. The first-order valence-corrected chi connectivity index (χ1v) is 9.68. The molecule has 0 aliphatic carbocycles. The normalized spacial score (nSPS) is 14.9. The van der Waals surface area contributed by atoms with E-state index in [1.807, 2.05) is 18.7 Å². The Morgan fingerprint density at radius 2 is 2.00 bits per heavy atom. The van der Waals surface area contributed by atoms with Gasteiger partial charge in [0.1, 0.15) is 17.9 Å². The predicted molar refractivity (Wildman–Crippen MR) is 90.3 cm³/mol. The predicted octanol–water partition coefficient (Wildman–Crippen LogP) is 2.74. The summed E-state index contributed by atoms with van der Waals surface area (Å²) in [6.45, 7) is 6.17. The number of sulfone groups is 1. The molecule has 0 atom stereocenters. The molecule has 0 fully saturated rings. The maximum atomic E-state index is 14.8. The molecule has 0 saturated heterocycles. The zero-order chi connectivity index (χ0) is 17.8. The third-order valence-corrected chi connectivity index (χ3v) is 5.27. The third kappa shape index (κ3) is 2.57. The van der Waals surface area contributed by atoms with E-state index in [0.29, 0.717) is 30.1 Å². The second-order valence-electron chi connectivity index (χ2n) is 6.04. The van der Waals surface area contributed by atoms with Crippen LogP contribution in [0.25, 0.3) is 10.9 Å². The lowest BCUT2D eigenvalue weighted by Crippen LogP contribution is -2.34. The average Bonchev–Trinajstić information content (AvgIpc) is 2.69. The molecule has 0 amide bonds. The summed E-state index contributed by atoms with van der Waals surface area (Å²) in [6.07, 6.45) is 0.995. The van der Waals surface area contributed by atoms with E-state index in [9.17, 15) is 12.8 Å². The molecule has 0 bridgehead atoms. The minimum Gasteiger partial charge on any atom is -0.489 e. The number of hydrogen-bond donors (Lipinski definition) is 0. The smallest absolute Gasteiger partial charge is 0.249 e. The highest BCUT2D eigenvalue weighted by Crippen LogP contribution is 2.43. The van der Waals surface area contributed by atoms with E-state index in [2.05, 4.69) is 9.97 Å². The van der Waals surface area contributed by atoms with Crippen LogP contribution in [0.15, 0.2) is 5.16 Å². The summed E-state index contributed by atoms with van der Waals surface area (Å²) in [5.74, 6) is -0.0472. The van der Waals surface area contributed by atoms with Crippen molar-refractivity contribution in [1.82, 2.24) is 9.97 Å². The van der Waals surface area contributed by atoms with E-state index < -0.39 is 20.8 Å². The quantitative estimate of drug-likeness (QED) is 0.754. The number of anilines is 1. The van der Waals surface area contributed by atoms with Crippen molar-refractivity contribution in [3.05, 3.63) is 16.4 Å². The van der Waals surface area contributed by atoms with Gasteiger partial charge in [0.2, 0.25) is 15.0 Å². The first-order chi connectivity index (χ1) is 11.1. The van der Waals surface area contributed by atoms with Crippen LogP contribution in [0.1, 0.15) is 19.4 Å². The van der Waals surface area contributed by atoms with Crippen LogP contribution < -0.4 is 9.64 Å². The molecule has 1 aromatic heterocycles. The summed E-state index contributed by atoms with van der Waals surface area (Å²) in [6, 6.07) is 0.00759. The fourth-order valence-corrected chi connectivity index (χ4v) is 3.46. The van der Waals surface area contributed by atoms with Crippen LogP contribution in [-0.2, 0) is 9.84 Å². The minimum absolute atomic E-state index is 0.00759. The van der Waals surface area contributed by atoms with Crippen molar-refractivity contribution < 1.29 is 17.5 Å². The third-order valence-electron chi connectivity index (χ3n) is 3.97. The lowest BCUT2D eigenvalue weighted by Gasteiger charge is -2.26. The van der Waals surface area contributed by atoms with E-state index in [1.165, 1.54) is 6.92 Å². The Labute approximate surface area is 144 Å². The largest absolute Gasteiger partial charge is 0.489 e. The van der Waals surface area contributed by atoms with E-state index in [4.69, 9.17) is 16.3 Å². The summed E-state index contributed by atoms with van der Waals surface area (Å²) in [7, 11) is -3.71. The average molecular weight is 374 g/mol. The Bertz CT molecular complexity index is 947. The highest BCUT2D eigenvalue weighted by molar-refractivity contribution is 7.90. The van der Waals surface area contributed by atoms with Gasteiger partial charge in [-0.05, 0) is 20.8 Å². The van der Waals surface area contributed by atoms with Crippen LogP contribution >= 0.6 is 11.6 Å². The zero-order valence-corrected chi connectivity index (χ0v) is 15.3. The van der Waals surface area contributed by atoms with Crippen molar-refractivity contribution in [3.8, 4) is 5.75 Å². The van der Waals surface area contributed by atoms with Crippen LogP contribution in [0.2, 0.25) is 5.02 Å². The van der Waals surface area contributed by atoms with Gasteiger partial charge < -0.3 is 9.64 Å². The first kappa shape index (κ1) is 17.2. The second kappa shape index (κ2) is 5.70. The number of aromatic nitrogens is 2. The highest BCUT2D eigenvalue weighted by atomic mass is 35.5. The van der Waals surface area contributed by atoms with Gasteiger partial charge in [-0.1, -0.05) is 11.6 Å². The van der Waals surface area contributed by atoms with E-state index in [1.54, 1.807) is 0 Å². The van der Waals surface area contributed by atoms with Crippen LogP contribution in [-0.4, -0.2) is 43.8 Å². The monoisotopic (exact) mass is 373 g/mol. The SMILES string of the molecule is Cc1c(Cl)c2c3c(nc(S(C)(=O)=O)nc3c1F)N(C(C)C)CCO2. The molecule has 6 nitrogen and oxygen atoms in total. The van der Waals surface area contributed by atoms with Crippen LogP contribution in [0.4, 0.5) is 10.2 Å². The number of halogens is 2. The Morgan fingerprint density at radius 1 is 1.33 bits per heavy atom. The van der Waals surface area contributed by atoms with Gasteiger partial charge in [0.15, 0.2) is 11.6 Å². The van der Waals surface area contributed by atoms with Gasteiger partial charge in [-0.2, -0.15) is 0 Å². The molecule has 3 rings (SSSR count). The Morgan fingerprint density at radius 3 is 2.58 bits per heavy atom. The Hall–Kier alpha value is -1.67. The minimum atomic E-state index is -3.71. The standard InChI is InChI=1S/C15H17ClFN3O3S/c1-7(2)20-5-6-23-13-9-12(11(17)8(3)10(13)16)18-15(19-14(9)20)24(4,21)22/h7H,5-6H2,1-4H3. The van der Waals surface area contributed by atoms with Crippen molar-refractivity contribution in [2.24, 2.45) is 0 Å². The van der Waals surface area contributed by atoms with Crippen molar-refractivity contribution >= 4 is 38.2 Å². The van der Waals surface area contributed by atoms with Crippen molar-refractivity contribution in [2.75, 3.05) is 24.3 Å². The lowest BCUT2D eigenvalue weighted by atomic mass is 10.1. The molecule has 2 aromatic rings. The van der Waals surface area contributed by atoms with Crippen molar-refractivity contribution in [1.29, 1.82) is 0 Å². The van der Waals surface area contributed by atoms with Gasteiger partial charge in [-0.25, -0.2) is 22.8 Å². The molecule has 0 N–H and O–H groups in total. The topological polar surface area (TPSA) is 72.4 Å². The van der Waals surface area contributed by atoms with Crippen molar-refractivity contribution in [3.63, 3.8) is 0 Å². The molecule has 24 heavy (non-hydrogen) atoms. The van der Waals surface area contributed by atoms with Gasteiger partial charge in [-0.3, -0.25) is 0 Å². The first-order valence-electron chi connectivity index (χ1n) is 7.41. The molecule has 0 unspecified atom stereocenters. The molecule has 9 heteroatoms. The van der Waals surface area contributed by atoms with E-state index >= 15 is 0 Å². The molecule has 0 saturated carbocycles. The van der Waals surface area contributed by atoms with E-state index in [0.717, 1.165) is 6.26 Å². The molecule has 2 heterocycles. The molecule has 130 valence electrons. The second-order valence-corrected chi connectivity index (χ2v) is 8.33. The molecule has 1 aromatic carbocycles. The van der Waals surface area contributed by atoms with Gasteiger partial charge in [-0.15, -0.1) is 0 Å². The number of hydrogen-bond acceptors (Lipinski definition) is 6. The summed E-state index contributed by atoms with van der Waals surface area (Å²) in [5.41, 5.74) is 0.0751. The fraction of sp³-hybridized carbons (Fsp3) is 0.467. The van der Waals surface area contributed by atoms with Gasteiger partial charge in [0, 0.05) is 17.9 Å². The molecule has 1 aliphatic heterocycles. The molecular weight excluding hydrogens is 357 g/mol. The summed E-state index contributed by atoms with van der Waals surface area (Å²) >= 11 is 6.26. The Kier molecular flexibility index (Phi) is 4.08. The maximum Gasteiger partial charge on any atom is 0.249 e. The number of ether oxygens (including phenoxy) is 1. The van der Waals surface area contributed by atoms with Crippen molar-refractivity contribution in [2.45, 2.75) is 32.0 Å². The van der Waals surface area contributed by atoms with Gasteiger partial charge >= 0.3 is 0 Å². The molecule has 0 radical (unpaired) electrons. The lowest BCUT2D eigenvalue weighted by molar-refractivity contribution is 0.328. The highest BCUT2D eigenvalue weighted by Gasteiger charge is 2.30. The van der Waals surface area contributed by atoms with Gasteiger partial charge in [0.25, 0.3) is 0 Å². The molecule has 1 aliphatic rings. The van der Waals surface area contributed by atoms with Crippen LogP contribution in [0.5, 0.6) is 5.75 Å². The summed E-state index contributed by atoms with van der Waals surface area (Å²) < 4.78 is 44.4. The summed E-state index contributed by atoms with van der Waals surface area (Å²) in [5, 5.41) is 0.0494. The number of rotatable bonds is 2. The van der Waals surface area contributed by atoms with Crippen LogP contribution in [0, 0.1) is 12.7 Å². The Balaban J connectivity index is 2.54.